The lowest BCUT2D eigenvalue weighted by Gasteiger charge is -2.36. The van der Waals surface area contributed by atoms with Crippen LogP contribution in [0.25, 0.3) is 0 Å². The molecule has 6 heteroatoms. The van der Waals surface area contributed by atoms with Gasteiger partial charge in [-0.25, -0.2) is 0 Å². The summed E-state index contributed by atoms with van der Waals surface area (Å²) in [6.07, 6.45) is 0.754. The zero-order valence-corrected chi connectivity index (χ0v) is 11.6. The molecule has 18 heavy (non-hydrogen) atoms. The first kappa shape index (κ1) is 13.7. The Balaban J connectivity index is 1.82. The van der Waals surface area contributed by atoms with Crippen LogP contribution in [0.15, 0.2) is 0 Å². The third-order valence-corrected chi connectivity index (χ3v) is 3.82. The molecule has 0 aliphatic carbocycles. The monoisotopic (exact) mass is 271 g/mol. The maximum atomic E-state index is 12.3. The fourth-order valence-corrected chi connectivity index (χ4v) is 2.72. The quantitative estimate of drug-likeness (QED) is 0.723. The van der Waals surface area contributed by atoms with Gasteiger partial charge in [0.15, 0.2) is 0 Å². The Kier molecular flexibility index (Phi) is 4.53. The van der Waals surface area contributed by atoms with Crippen molar-refractivity contribution < 1.29 is 9.53 Å². The average Bonchev–Trinajstić information content (AvgIpc) is 2.75. The van der Waals surface area contributed by atoms with Crippen LogP contribution in [0.4, 0.5) is 0 Å². The molecular formula is C12H21N3O2S. The molecule has 0 aromatic heterocycles. The molecule has 1 amide bonds. The molecule has 2 N–H and O–H groups in total. The molecule has 2 aliphatic heterocycles. The Hall–Kier alpha value is -0.720. The summed E-state index contributed by atoms with van der Waals surface area (Å²) in [6.45, 7) is 6.60. The summed E-state index contributed by atoms with van der Waals surface area (Å²) in [5, 5.41) is 0. The maximum Gasteiger partial charge on any atom is 0.252 e. The number of hydrogen-bond donors (Lipinski definition) is 1. The molecule has 2 fully saturated rings. The fraction of sp³-hybridized carbons (Fsp3) is 0.833. The van der Waals surface area contributed by atoms with Gasteiger partial charge in [-0.05, 0) is 12.3 Å². The molecule has 0 spiro atoms. The molecule has 0 aromatic rings. The van der Waals surface area contributed by atoms with E-state index in [0.29, 0.717) is 24.1 Å². The summed E-state index contributed by atoms with van der Waals surface area (Å²) in [4.78, 5) is 16.9. The molecule has 5 nitrogen and oxygen atoms in total. The summed E-state index contributed by atoms with van der Waals surface area (Å²) in [5.41, 5.74) is 5.52. The van der Waals surface area contributed by atoms with Crippen LogP contribution < -0.4 is 5.73 Å². The van der Waals surface area contributed by atoms with E-state index in [4.69, 9.17) is 22.7 Å². The second kappa shape index (κ2) is 5.95. The molecule has 2 unspecified atom stereocenters. The number of piperazine rings is 1. The number of carbonyl (C=O) groups is 1. The summed E-state index contributed by atoms with van der Waals surface area (Å²) in [5.74, 6) is 0.488. The van der Waals surface area contributed by atoms with E-state index < -0.39 is 0 Å². The lowest BCUT2D eigenvalue weighted by atomic mass is 10.0. The van der Waals surface area contributed by atoms with Gasteiger partial charge in [-0.15, -0.1) is 0 Å². The molecule has 2 saturated heterocycles. The predicted molar refractivity (Wildman–Crippen MR) is 73.3 cm³/mol. The number of rotatable bonds is 3. The van der Waals surface area contributed by atoms with Crippen molar-refractivity contribution in [3.8, 4) is 0 Å². The van der Waals surface area contributed by atoms with E-state index in [1.807, 2.05) is 4.90 Å². The van der Waals surface area contributed by atoms with Gasteiger partial charge in [0.2, 0.25) is 0 Å². The lowest BCUT2D eigenvalue weighted by Crippen LogP contribution is -2.53. The highest BCUT2D eigenvalue weighted by Gasteiger charge is 2.35. The number of nitrogens with two attached hydrogens (primary N) is 1. The van der Waals surface area contributed by atoms with E-state index >= 15 is 0 Å². The minimum Gasteiger partial charge on any atom is -0.392 e. The van der Waals surface area contributed by atoms with Gasteiger partial charge in [0.1, 0.15) is 6.10 Å². The highest BCUT2D eigenvalue weighted by Crippen LogP contribution is 2.22. The number of amides is 1. The van der Waals surface area contributed by atoms with Crippen LogP contribution in [0.5, 0.6) is 0 Å². The van der Waals surface area contributed by atoms with Crippen molar-refractivity contribution in [3.63, 3.8) is 0 Å². The fourth-order valence-electron chi connectivity index (χ4n) is 2.54. The summed E-state index contributed by atoms with van der Waals surface area (Å²) in [6, 6.07) is 0. The molecule has 0 aromatic carbocycles. The van der Waals surface area contributed by atoms with Gasteiger partial charge >= 0.3 is 0 Å². The number of nitrogens with zero attached hydrogens (tertiary/aromatic N) is 2. The third-order valence-electron chi connectivity index (χ3n) is 3.69. The number of thiocarbonyl (C=S) groups is 1. The van der Waals surface area contributed by atoms with E-state index in [0.717, 1.165) is 32.6 Å². The maximum absolute atomic E-state index is 12.3. The molecule has 2 aliphatic rings. The molecule has 0 saturated carbocycles. The van der Waals surface area contributed by atoms with Gasteiger partial charge < -0.3 is 15.4 Å². The topological polar surface area (TPSA) is 58.8 Å². The molecule has 0 radical (unpaired) electrons. The molecule has 0 bridgehead atoms. The van der Waals surface area contributed by atoms with Crippen molar-refractivity contribution in [2.24, 2.45) is 11.7 Å². The molecule has 2 rings (SSSR count). The van der Waals surface area contributed by atoms with Gasteiger partial charge in [-0.2, -0.15) is 0 Å². The Morgan fingerprint density at radius 2 is 2.06 bits per heavy atom. The molecule has 2 heterocycles. The summed E-state index contributed by atoms with van der Waals surface area (Å²) >= 11 is 4.90. The van der Waals surface area contributed by atoms with Crippen LogP contribution in [0, 0.1) is 5.92 Å². The van der Waals surface area contributed by atoms with Gasteiger partial charge in [-0.3, -0.25) is 9.69 Å². The first-order chi connectivity index (χ1) is 8.58. The van der Waals surface area contributed by atoms with E-state index in [9.17, 15) is 4.79 Å². The standard InChI is InChI=1S/C12H21N3O2S/c1-9-2-7-17-11(9)12(16)15-5-3-14(4-6-15)8-10(13)18/h9,11H,2-8H2,1H3,(H2,13,18). The van der Waals surface area contributed by atoms with Gasteiger partial charge in [0.25, 0.3) is 5.91 Å². The summed E-state index contributed by atoms with van der Waals surface area (Å²) in [7, 11) is 0. The van der Waals surface area contributed by atoms with Crippen molar-refractivity contribution >= 4 is 23.1 Å². The van der Waals surface area contributed by atoms with Gasteiger partial charge in [0.05, 0.1) is 4.99 Å². The molecular weight excluding hydrogens is 250 g/mol. The second-order valence-electron chi connectivity index (χ2n) is 5.13. The van der Waals surface area contributed by atoms with Crippen LogP contribution in [-0.4, -0.2) is 66.1 Å². The minimum absolute atomic E-state index is 0.148. The number of carbonyl (C=O) groups excluding carboxylic acids is 1. The van der Waals surface area contributed by atoms with Crippen LogP contribution in [-0.2, 0) is 9.53 Å². The zero-order chi connectivity index (χ0) is 13.1. The van der Waals surface area contributed by atoms with E-state index in [1.165, 1.54) is 0 Å². The van der Waals surface area contributed by atoms with Crippen molar-refractivity contribution in [1.29, 1.82) is 0 Å². The normalized spacial score (nSPS) is 29.5. The zero-order valence-electron chi connectivity index (χ0n) is 10.8. The van der Waals surface area contributed by atoms with Crippen LogP contribution in [0.2, 0.25) is 0 Å². The highest BCUT2D eigenvalue weighted by molar-refractivity contribution is 7.80. The lowest BCUT2D eigenvalue weighted by molar-refractivity contribution is -0.144. The number of hydrogen-bond acceptors (Lipinski definition) is 4. The van der Waals surface area contributed by atoms with Crippen molar-refractivity contribution in [2.45, 2.75) is 19.4 Å². The summed E-state index contributed by atoms with van der Waals surface area (Å²) < 4.78 is 5.53. The first-order valence-electron chi connectivity index (χ1n) is 6.49. The first-order valence-corrected chi connectivity index (χ1v) is 6.90. The Morgan fingerprint density at radius 1 is 1.39 bits per heavy atom. The van der Waals surface area contributed by atoms with Crippen LogP contribution in [0.3, 0.4) is 0 Å². The van der Waals surface area contributed by atoms with Crippen LogP contribution >= 0.6 is 12.2 Å². The van der Waals surface area contributed by atoms with E-state index in [2.05, 4.69) is 11.8 Å². The van der Waals surface area contributed by atoms with E-state index in [1.54, 1.807) is 0 Å². The molecule has 2 atom stereocenters. The second-order valence-corrected chi connectivity index (χ2v) is 5.65. The highest BCUT2D eigenvalue weighted by atomic mass is 32.1. The van der Waals surface area contributed by atoms with Gasteiger partial charge in [0, 0.05) is 39.3 Å². The predicted octanol–water partition coefficient (Wildman–Crippen LogP) is -0.158. The Labute approximate surface area is 113 Å². The smallest absolute Gasteiger partial charge is 0.252 e. The van der Waals surface area contributed by atoms with Crippen molar-refractivity contribution in [1.82, 2.24) is 9.80 Å². The third kappa shape index (κ3) is 3.18. The van der Waals surface area contributed by atoms with Gasteiger partial charge in [-0.1, -0.05) is 19.1 Å². The minimum atomic E-state index is -0.230. The SMILES string of the molecule is CC1CCOC1C(=O)N1CCN(CC(N)=S)CC1. The molecule has 102 valence electrons. The largest absolute Gasteiger partial charge is 0.392 e. The number of ether oxygens (including phenoxy) is 1. The Morgan fingerprint density at radius 3 is 2.56 bits per heavy atom. The van der Waals surface area contributed by atoms with Crippen molar-refractivity contribution in [3.05, 3.63) is 0 Å². The van der Waals surface area contributed by atoms with Crippen LogP contribution in [0.1, 0.15) is 13.3 Å². The average molecular weight is 271 g/mol. The van der Waals surface area contributed by atoms with Crippen molar-refractivity contribution in [2.75, 3.05) is 39.3 Å². The van der Waals surface area contributed by atoms with E-state index in [-0.39, 0.29) is 12.0 Å². The Bertz CT molecular complexity index is 329.